The van der Waals surface area contributed by atoms with E-state index in [1.54, 1.807) is 0 Å². The smallest absolute Gasteiger partial charge is 0.191 e. The van der Waals surface area contributed by atoms with Gasteiger partial charge in [-0.3, -0.25) is 0 Å². The molecule has 1 fully saturated rings. The van der Waals surface area contributed by atoms with Crippen LogP contribution in [0.25, 0.3) is 0 Å². The van der Waals surface area contributed by atoms with Crippen LogP contribution in [-0.4, -0.2) is 11.5 Å². The first-order valence-electron chi connectivity index (χ1n) is 3.24. The van der Waals surface area contributed by atoms with Crippen molar-refractivity contribution in [2.75, 3.05) is 0 Å². The Bertz CT molecular complexity index is 164. The van der Waals surface area contributed by atoms with Crippen molar-refractivity contribution in [3.63, 3.8) is 0 Å². The zero-order chi connectivity index (χ0) is 6.85. The van der Waals surface area contributed by atoms with Gasteiger partial charge in [0.25, 0.3) is 0 Å². The molecule has 2 nitrogen and oxygen atoms in total. The van der Waals surface area contributed by atoms with Gasteiger partial charge >= 0.3 is 0 Å². The van der Waals surface area contributed by atoms with Crippen molar-refractivity contribution in [2.24, 2.45) is 0 Å². The summed E-state index contributed by atoms with van der Waals surface area (Å²) < 4.78 is 0.738. The second kappa shape index (κ2) is 2.21. The number of hydroxylamine groups is 1. The van der Waals surface area contributed by atoms with Crippen LogP contribution in [0.15, 0.2) is 11.3 Å². The van der Waals surface area contributed by atoms with E-state index in [2.05, 4.69) is 6.72 Å². The summed E-state index contributed by atoms with van der Waals surface area (Å²) in [5.41, 5.74) is 2.18. The van der Waals surface area contributed by atoms with Gasteiger partial charge < -0.3 is 5.21 Å². The van der Waals surface area contributed by atoms with Crippen LogP contribution in [0.2, 0.25) is 0 Å². The Balaban J connectivity index is 2.71. The number of hydrogen-bond acceptors (Lipinski definition) is 1. The number of nitrogens with zero attached hydrogens (tertiary/aromatic N) is 1. The second-order valence-electron chi connectivity index (χ2n) is 2.28. The molecule has 0 spiro atoms. The van der Waals surface area contributed by atoms with Crippen LogP contribution in [0, 0.1) is 5.21 Å². The molecular weight excluding hydrogens is 114 g/mol. The molecular formula is C7H11NO. The predicted molar refractivity (Wildman–Crippen MR) is 37.3 cm³/mol. The maximum absolute atomic E-state index is 10.6. The standard InChI is InChI=1S/C7H11NO/c1-3-7(8(2)9)6-4-5-6/h2-5H2,1H3. The lowest BCUT2D eigenvalue weighted by Crippen LogP contribution is -1.97. The maximum atomic E-state index is 10.6. The Kier molecular flexibility index (Phi) is 1.56. The van der Waals surface area contributed by atoms with Crippen molar-refractivity contribution in [3.05, 3.63) is 16.5 Å². The third kappa shape index (κ3) is 1.31. The highest BCUT2D eigenvalue weighted by atomic mass is 16.5. The average Bonchev–Trinajstić information content (AvgIpc) is 2.50. The highest BCUT2D eigenvalue weighted by Gasteiger charge is 2.21. The van der Waals surface area contributed by atoms with Crippen LogP contribution in [0.5, 0.6) is 0 Å². The third-order valence-corrected chi connectivity index (χ3v) is 1.54. The predicted octanol–water partition coefficient (Wildman–Crippen LogP) is 1.66. The van der Waals surface area contributed by atoms with Crippen molar-refractivity contribution in [2.45, 2.75) is 26.2 Å². The van der Waals surface area contributed by atoms with Gasteiger partial charge in [0.15, 0.2) is 5.70 Å². The minimum atomic E-state index is 0.738. The highest BCUT2D eigenvalue weighted by Crippen LogP contribution is 2.32. The van der Waals surface area contributed by atoms with Crippen LogP contribution in [-0.2, 0) is 0 Å². The SMILES string of the molecule is C=[N+]([O-])C(CC)=C1CC1. The van der Waals surface area contributed by atoms with E-state index >= 15 is 0 Å². The zero-order valence-corrected chi connectivity index (χ0v) is 5.68. The molecule has 0 aromatic carbocycles. The van der Waals surface area contributed by atoms with Gasteiger partial charge in [0, 0.05) is 6.42 Å². The number of allylic oxidation sites excluding steroid dienone is 2. The minimum absolute atomic E-state index is 0.738. The zero-order valence-electron chi connectivity index (χ0n) is 5.68. The molecule has 0 atom stereocenters. The molecule has 1 saturated carbocycles. The summed E-state index contributed by atoms with van der Waals surface area (Å²) >= 11 is 0. The fourth-order valence-corrected chi connectivity index (χ4v) is 0.954. The Hall–Kier alpha value is -0.790. The van der Waals surface area contributed by atoms with Gasteiger partial charge in [0.2, 0.25) is 0 Å². The van der Waals surface area contributed by atoms with Crippen LogP contribution >= 0.6 is 0 Å². The summed E-state index contributed by atoms with van der Waals surface area (Å²) in [7, 11) is 0. The fourth-order valence-electron chi connectivity index (χ4n) is 0.954. The summed E-state index contributed by atoms with van der Waals surface area (Å²) in [6.07, 6.45) is 3.04. The van der Waals surface area contributed by atoms with Gasteiger partial charge in [0.1, 0.15) is 6.72 Å². The van der Waals surface area contributed by atoms with E-state index < -0.39 is 0 Å². The molecule has 9 heavy (non-hydrogen) atoms. The van der Waals surface area contributed by atoms with Gasteiger partial charge in [-0.2, -0.15) is 4.74 Å². The highest BCUT2D eigenvalue weighted by molar-refractivity contribution is 5.24. The molecule has 0 aromatic heterocycles. The van der Waals surface area contributed by atoms with Crippen LogP contribution < -0.4 is 0 Å². The van der Waals surface area contributed by atoms with Crippen molar-refractivity contribution < 1.29 is 4.74 Å². The van der Waals surface area contributed by atoms with Crippen molar-refractivity contribution in [1.82, 2.24) is 0 Å². The monoisotopic (exact) mass is 125 g/mol. The average molecular weight is 125 g/mol. The van der Waals surface area contributed by atoms with Crippen molar-refractivity contribution in [3.8, 4) is 0 Å². The molecule has 0 heterocycles. The molecule has 0 saturated heterocycles. The molecule has 0 radical (unpaired) electrons. The lowest BCUT2D eigenvalue weighted by molar-refractivity contribution is -0.394. The van der Waals surface area contributed by atoms with Gasteiger partial charge in [0.05, 0.1) is 0 Å². The van der Waals surface area contributed by atoms with Crippen molar-refractivity contribution in [1.29, 1.82) is 0 Å². The van der Waals surface area contributed by atoms with Gasteiger partial charge in [-0.1, -0.05) is 6.92 Å². The molecule has 0 unspecified atom stereocenters. The normalized spacial score (nSPS) is 15.4. The summed E-state index contributed by atoms with van der Waals surface area (Å²) in [6, 6.07) is 0. The van der Waals surface area contributed by atoms with E-state index in [0.717, 1.165) is 29.7 Å². The van der Waals surface area contributed by atoms with E-state index in [1.807, 2.05) is 6.92 Å². The lowest BCUT2D eigenvalue weighted by Gasteiger charge is -2.00. The first-order valence-corrected chi connectivity index (χ1v) is 3.24. The molecule has 50 valence electrons. The second-order valence-corrected chi connectivity index (χ2v) is 2.28. The van der Waals surface area contributed by atoms with E-state index in [9.17, 15) is 5.21 Å². The largest absolute Gasteiger partial charge is 0.619 e. The Morgan fingerprint density at radius 3 is 2.44 bits per heavy atom. The Morgan fingerprint density at radius 2 is 2.33 bits per heavy atom. The number of hydrogen-bond donors (Lipinski definition) is 0. The lowest BCUT2D eigenvalue weighted by atomic mass is 10.3. The van der Waals surface area contributed by atoms with E-state index in [0.29, 0.717) is 0 Å². The molecule has 1 aliphatic rings. The van der Waals surface area contributed by atoms with Gasteiger partial charge in [-0.15, -0.1) is 0 Å². The van der Waals surface area contributed by atoms with Gasteiger partial charge in [-0.05, 0) is 18.4 Å². The third-order valence-electron chi connectivity index (χ3n) is 1.54. The molecule has 0 aliphatic heterocycles. The topological polar surface area (TPSA) is 26.1 Å². The van der Waals surface area contributed by atoms with E-state index in [4.69, 9.17) is 0 Å². The summed E-state index contributed by atoms with van der Waals surface area (Å²) in [5, 5.41) is 10.6. The van der Waals surface area contributed by atoms with Crippen molar-refractivity contribution >= 4 is 6.72 Å². The molecule has 1 aliphatic carbocycles. The summed E-state index contributed by atoms with van der Waals surface area (Å²) in [4.78, 5) is 0. The maximum Gasteiger partial charge on any atom is 0.191 e. The molecule has 2 heteroatoms. The van der Waals surface area contributed by atoms with E-state index in [-0.39, 0.29) is 0 Å². The Morgan fingerprint density at radius 1 is 1.78 bits per heavy atom. The Labute approximate surface area is 55.1 Å². The molecule has 1 rings (SSSR count). The van der Waals surface area contributed by atoms with Gasteiger partial charge in [-0.25, -0.2) is 0 Å². The minimum Gasteiger partial charge on any atom is -0.619 e. The van der Waals surface area contributed by atoms with Crippen LogP contribution in [0.1, 0.15) is 26.2 Å². The first kappa shape index (κ1) is 6.33. The first-order chi connectivity index (χ1) is 4.25. The molecule has 0 N–H and O–H groups in total. The van der Waals surface area contributed by atoms with Crippen LogP contribution in [0.3, 0.4) is 0 Å². The quantitative estimate of drug-likeness (QED) is 0.238. The summed E-state index contributed by atoms with van der Waals surface area (Å²) in [5.74, 6) is 0. The summed E-state index contributed by atoms with van der Waals surface area (Å²) in [6.45, 7) is 5.27. The molecule has 0 amide bonds. The fraction of sp³-hybridized carbons (Fsp3) is 0.571. The van der Waals surface area contributed by atoms with Crippen LogP contribution in [0.4, 0.5) is 0 Å². The molecule has 0 aromatic rings. The number of rotatable bonds is 2. The van der Waals surface area contributed by atoms with E-state index in [1.165, 1.54) is 5.57 Å². The molecule has 0 bridgehead atoms.